The van der Waals surface area contributed by atoms with Crippen LogP contribution in [0.2, 0.25) is 15.1 Å². The third-order valence-corrected chi connectivity index (χ3v) is 11.4. The summed E-state index contributed by atoms with van der Waals surface area (Å²) < 4.78 is 36.4. The lowest BCUT2D eigenvalue weighted by Crippen LogP contribution is -2.71. The summed E-state index contributed by atoms with van der Waals surface area (Å²) in [5.41, 5.74) is -0.959. The van der Waals surface area contributed by atoms with Crippen molar-refractivity contribution in [3.63, 3.8) is 0 Å². The van der Waals surface area contributed by atoms with Crippen molar-refractivity contribution in [2.75, 3.05) is 25.7 Å². The highest BCUT2D eigenvalue weighted by molar-refractivity contribution is 6.34. The summed E-state index contributed by atoms with van der Waals surface area (Å²) in [5, 5.41) is 4.25. The zero-order valence-corrected chi connectivity index (χ0v) is 28.3. The predicted molar refractivity (Wildman–Crippen MR) is 184 cm³/mol. The Balaban J connectivity index is 1.60. The van der Waals surface area contributed by atoms with Crippen LogP contribution in [0.3, 0.4) is 0 Å². The zero-order chi connectivity index (χ0) is 33.8. The van der Waals surface area contributed by atoms with Gasteiger partial charge >= 0.3 is 5.97 Å². The fraction of sp³-hybridized carbons (Fsp3) is 0.316. The number of benzene rings is 4. The molecule has 2 heterocycles. The Kier molecular flexibility index (Phi) is 8.56. The molecule has 10 heteroatoms. The number of carbonyl (C=O) groups is 2. The molecule has 3 fully saturated rings. The highest BCUT2D eigenvalue weighted by Gasteiger charge is 2.80. The van der Waals surface area contributed by atoms with E-state index in [-0.39, 0.29) is 12.8 Å². The average Bonchev–Trinajstić information content (AvgIpc) is 3.35. The topological polar surface area (TPSA) is 58.6 Å². The lowest BCUT2D eigenvalue weighted by molar-refractivity contribution is -0.200. The number of nitrogens with one attached hydrogen (secondary N) is 1. The first-order valence-corrected chi connectivity index (χ1v) is 16.9. The Labute approximate surface area is 293 Å². The number of fused-ring (bicyclic) bond motifs is 2. The van der Waals surface area contributed by atoms with E-state index in [1.165, 1.54) is 0 Å². The normalized spacial score (nSPS) is 27.2. The van der Waals surface area contributed by atoms with Crippen LogP contribution in [0.1, 0.15) is 53.2 Å². The molecule has 0 unspecified atom stereocenters. The molecule has 248 valence electrons. The fourth-order valence-corrected chi connectivity index (χ4v) is 9.70. The molecule has 2 aliphatic heterocycles. The van der Waals surface area contributed by atoms with E-state index in [1.54, 1.807) is 43.4 Å². The first-order chi connectivity index (χ1) is 23.2. The molecule has 0 aromatic heterocycles. The van der Waals surface area contributed by atoms with E-state index >= 15 is 0 Å². The minimum atomic E-state index is -1.56. The van der Waals surface area contributed by atoms with Crippen molar-refractivity contribution in [2.24, 2.45) is 5.41 Å². The van der Waals surface area contributed by atoms with Crippen molar-refractivity contribution in [2.45, 2.75) is 47.9 Å². The van der Waals surface area contributed by atoms with E-state index in [9.17, 15) is 18.4 Å². The number of cyclic esters (lactones) is 1. The molecule has 4 aromatic rings. The molecule has 5 atom stereocenters. The summed E-state index contributed by atoms with van der Waals surface area (Å²) in [6.07, 6.45) is 0.00994. The Hall–Kier alpha value is -3.49. The second-order valence-corrected chi connectivity index (χ2v) is 14.5. The Morgan fingerprint density at radius 1 is 0.812 bits per heavy atom. The van der Waals surface area contributed by atoms with E-state index in [4.69, 9.17) is 39.5 Å². The SMILES string of the molecule is CNc1cc(Cl)ccc1[C@@]1(C=O)[C@@H](c2cc(Cl)cc(Cl)c2)[C@@H]2C(=O)O[C@@H](c3ccccc3)[C@@H](c3ccccc3)N2C12CC(CF)(CF)C2. The zero-order valence-electron chi connectivity index (χ0n) is 26.0. The molecule has 7 rings (SSSR count). The van der Waals surface area contributed by atoms with Crippen molar-refractivity contribution in [3.8, 4) is 0 Å². The number of esters is 1. The minimum absolute atomic E-state index is 0.0308. The van der Waals surface area contributed by atoms with Crippen LogP contribution < -0.4 is 5.32 Å². The van der Waals surface area contributed by atoms with Gasteiger partial charge in [-0.15, -0.1) is 0 Å². The number of nitrogens with zero attached hydrogens (tertiary/aromatic N) is 1. The van der Waals surface area contributed by atoms with Crippen LogP contribution in [0.4, 0.5) is 14.5 Å². The molecule has 0 radical (unpaired) electrons. The quantitative estimate of drug-likeness (QED) is 0.146. The molecule has 5 nitrogen and oxygen atoms in total. The molecule has 48 heavy (non-hydrogen) atoms. The second-order valence-electron chi connectivity index (χ2n) is 13.2. The summed E-state index contributed by atoms with van der Waals surface area (Å²) in [4.78, 5) is 31.2. The number of anilines is 1. The molecule has 1 spiro atoms. The van der Waals surface area contributed by atoms with Crippen molar-refractivity contribution < 1.29 is 23.1 Å². The number of hydrogen-bond donors (Lipinski definition) is 1. The number of alkyl halides is 2. The van der Waals surface area contributed by atoms with Crippen molar-refractivity contribution in [1.29, 1.82) is 0 Å². The average molecular weight is 710 g/mol. The maximum absolute atomic E-state index is 15.0. The number of halogens is 5. The van der Waals surface area contributed by atoms with Crippen molar-refractivity contribution in [3.05, 3.63) is 134 Å². The summed E-state index contributed by atoms with van der Waals surface area (Å²) >= 11 is 19.7. The van der Waals surface area contributed by atoms with Crippen LogP contribution in [0, 0.1) is 5.41 Å². The monoisotopic (exact) mass is 708 g/mol. The van der Waals surface area contributed by atoms with Gasteiger partial charge in [0, 0.05) is 44.7 Å². The lowest BCUT2D eigenvalue weighted by atomic mass is 9.45. The Morgan fingerprint density at radius 3 is 1.98 bits per heavy atom. The molecule has 0 bridgehead atoms. The van der Waals surface area contributed by atoms with Gasteiger partial charge in [-0.05, 0) is 65.4 Å². The number of rotatable bonds is 8. The first kappa shape index (κ1) is 33.0. The maximum atomic E-state index is 15.0. The van der Waals surface area contributed by atoms with E-state index in [2.05, 4.69) is 10.2 Å². The van der Waals surface area contributed by atoms with E-state index in [1.807, 2.05) is 60.7 Å². The predicted octanol–water partition coefficient (Wildman–Crippen LogP) is 9.09. The van der Waals surface area contributed by atoms with Gasteiger partial charge in [0.15, 0.2) is 0 Å². The van der Waals surface area contributed by atoms with Gasteiger partial charge < -0.3 is 14.8 Å². The molecule has 4 aromatic carbocycles. The second kappa shape index (κ2) is 12.4. The third kappa shape index (κ3) is 4.80. The number of aldehydes is 1. The number of morpholine rings is 1. The molecule has 1 saturated carbocycles. The minimum Gasteiger partial charge on any atom is -0.454 e. The van der Waals surface area contributed by atoms with Crippen LogP contribution in [-0.4, -0.2) is 49.1 Å². The Bertz CT molecular complexity index is 1830. The fourth-order valence-electron chi connectivity index (χ4n) is 8.99. The van der Waals surface area contributed by atoms with Gasteiger partial charge in [0.25, 0.3) is 0 Å². The molecule has 0 amide bonds. The van der Waals surface area contributed by atoms with Gasteiger partial charge in [0.2, 0.25) is 0 Å². The van der Waals surface area contributed by atoms with Crippen molar-refractivity contribution >= 4 is 52.7 Å². The molecule has 2 saturated heterocycles. The van der Waals surface area contributed by atoms with E-state index in [0.29, 0.717) is 31.9 Å². The van der Waals surface area contributed by atoms with Gasteiger partial charge in [-0.2, -0.15) is 0 Å². The molecule has 1 N–H and O–H groups in total. The van der Waals surface area contributed by atoms with Gasteiger partial charge in [-0.1, -0.05) is 102 Å². The highest BCUT2D eigenvalue weighted by atomic mass is 35.5. The summed E-state index contributed by atoms with van der Waals surface area (Å²) in [6, 6.07) is 27.5. The number of carbonyl (C=O) groups excluding carboxylic acids is 2. The highest BCUT2D eigenvalue weighted by Crippen LogP contribution is 2.73. The van der Waals surface area contributed by atoms with Crippen LogP contribution in [0.25, 0.3) is 0 Å². The summed E-state index contributed by atoms with van der Waals surface area (Å²) in [6.45, 7) is -1.84. The Morgan fingerprint density at radius 2 is 1.42 bits per heavy atom. The summed E-state index contributed by atoms with van der Waals surface area (Å²) in [7, 11) is 1.72. The van der Waals surface area contributed by atoms with Gasteiger partial charge in [0.05, 0.1) is 24.8 Å². The number of ether oxygens (including phenoxy) is 1. The van der Waals surface area contributed by atoms with Crippen LogP contribution in [0.15, 0.2) is 97.1 Å². The van der Waals surface area contributed by atoms with E-state index in [0.717, 1.165) is 17.4 Å². The van der Waals surface area contributed by atoms with Gasteiger partial charge in [-0.25, -0.2) is 0 Å². The van der Waals surface area contributed by atoms with Crippen LogP contribution in [0.5, 0.6) is 0 Å². The third-order valence-electron chi connectivity index (χ3n) is 10.7. The molecular weight excluding hydrogens is 677 g/mol. The van der Waals surface area contributed by atoms with Crippen LogP contribution in [-0.2, 0) is 19.7 Å². The number of hydrogen-bond acceptors (Lipinski definition) is 5. The van der Waals surface area contributed by atoms with Crippen LogP contribution >= 0.6 is 34.8 Å². The summed E-state index contributed by atoms with van der Waals surface area (Å²) in [5.74, 6) is -1.48. The van der Waals surface area contributed by atoms with Gasteiger partial charge in [0.1, 0.15) is 18.4 Å². The maximum Gasteiger partial charge on any atom is 0.324 e. The standard InChI is InChI=1S/C38H33Cl3F2N2O3/c1-44-30-17-26(39)12-13-29(30)38(22-46)31(25-14-27(40)16-28(41)15-25)33-35(47)48-34(24-10-6-3-7-11-24)32(23-8-4-2-5-9-23)45(33)37(38)18-36(19-37,20-42)21-43/h2-17,22,31-34,44H,18-21H2,1H3/t31-,32+,33+,34-,38-/m0/s1. The smallest absolute Gasteiger partial charge is 0.324 e. The van der Waals surface area contributed by atoms with E-state index < -0.39 is 59.8 Å². The van der Waals surface area contributed by atoms with Crippen molar-refractivity contribution in [1.82, 2.24) is 4.90 Å². The lowest BCUT2D eigenvalue weighted by Gasteiger charge is -2.64. The molecule has 1 aliphatic carbocycles. The first-order valence-electron chi connectivity index (χ1n) is 15.8. The van der Waals surface area contributed by atoms with Gasteiger partial charge in [-0.3, -0.25) is 18.5 Å². The molecule has 3 aliphatic rings. The largest absolute Gasteiger partial charge is 0.454 e. The molecular formula is C38H33Cl3F2N2O3.